The van der Waals surface area contributed by atoms with E-state index < -0.39 is 11.6 Å². The van der Waals surface area contributed by atoms with E-state index in [9.17, 15) is 8.78 Å². The van der Waals surface area contributed by atoms with E-state index in [1.807, 2.05) is 7.05 Å². The number of benzene rings is 1. The monoisotopic (exact) mass is 320 g/mol. The molecular weight excluding hydrogens is 302 g/mol. The van der Waals surface area contributed by atoms with Crippen LogP contribution in [-0.4, -0.2) is 41.7 Å². The first-order valence-electron chi connectivity index (χ1n) is 7.83. The minimum Gasteiger partial charge on any atom is -0.339 e. The third-order valence-electron chi connectivity index (χ3n) is 4.74. The summed E-state index contributed by atoms with van der Waals surface area (Å²) in [7, 11) is 2.04. The fourth-order valence-electron chi connectivity index (χ4n) is 3.24. The Hall–Kier alpha value is -1.86. The average molecular weight is 320 g/mol. The Balaban J connectivity index is 1.50. The van der Waals surface area contributed by atoms with Crippen LogP contribution in [0.25, 0.3) is 0 Å². The second-order valence-corrected chi connectivity index (χ2v) is 6.31. The van der Waals surface area contributed by atoms with Crippen molar-refractivity contribution in [3.05, 3.63) is 47.1 Å². The Labute approximate surface area is 132 Å². The van der Waals surface area contributed by atoms with Crippen LogP contribution in [0.3, 0.4) is 0 Å². The number of likely N-dealkylation sites (N-methyl/N-ethyl adjacent to an activating group) is 1. The molecule has 0 amide bonds. The highest BCUT2D eigenvalue weighted by molar-refractivity contribution is 5.32. The molecule has 23 heavy (non-hydrogen) atoms. The Kier molecular flexibility index (Phi) is 3.61. The summed E-state index contributed by atoms with van der Waals surface area (Å²) in [6, 6.07) is 3.81. The van der Waals surface area contributed by atoms with Gasteiger partial charge < -0.3 is 9.84 Å². The highest BCUT2D eigenvalue weighted by Crippen LogP contribution is 2.54. The zero-order valence-electron chi connectivity index (χ0n) is 12.8. The van der Waals surface area contributed by atoms with E-state index in [0.29, 0.717) is 17.3 Å². The van der Waals surface area contributed by atoms with Crippen LogP contribution in [0.5, 0.6) is 0 Å². The molecule has 3 unspecified atom stereocenters. The van der Waals surface area contributed by atoms with Gasteiger partial charge in [-0.3, -0.25) is 4.90 Å². The maximum atomic E-state index is 13.9. The summed E-state index contributed by atoms with van der Waals surface area (Å²) in [6.07, 6.45) is 0.753. The van der Waals surface area contributed by atoms with Crippen LogP contribution in [0, 0.1) is 11.6 Å². The van der Waals surface area contributed by atoms with E-state index in [2.05, 4.69) is 20.4 Å². The molecule has 5 nitrogen and oxygen atoms in total. The Morgan fingerprint density at radius 1 is 1.30 bits per heavy atom. The third kappa shape index (κ3) is 2.74. The van der Waals surface area contributed by atoms with Crippen molar-refractivity contribution in [1.29, 1.82) is 0 Å². The van der Waals surface area contributed by atoms with Gasteiger partial charge in [-0.15, -0.1) is 0 Å². The summed E-state index contributed by atoms with van der Waals surface area (Å²) in [6.45, 7) is 2.67. The van der Waals surface area contributed by atoms with Crippen LogP contribution in [0.4, 0.5) is 8.78 Å². The lowest BCUT2D eigenvalue weighted by molar-refractivity contribution is 0.190. The molecule has 1 saturated carbocycles. The molecule has 2 aromatic rings. The lowest BCUT2D eigenvalue weighted by Crippen LogP contribution is -2.44. The van der Waals surface area contributed by atoms with Crippen molar-refractivity contribution < 1.29 is 13.3 Å². The first-order valence-corrected chi connectivity index (χ1v) is 7.83. The maximum absolute atomic E-state index is 13.9. The van der Waals surface area contributed by atoms with Gasteiger partial charge in [-0.25, -0.2) is 8.78 Å². The van der Waals surface area contributed by atoms with Crippen LogP contribution in [0.2, 0.25) is 0 Å². The first-order chi connectivity index (χ1) is 11.1. The quantitative estimate of drug-likeness (QED) is 0.939. The average Bonchev–Trinajstić information content (AvgIpc) is 3.16. The van der Waals surface area contributed by atoms with Crippen molar-refractivity contribution in [3.63, 3.8) is 0 Å². The normalized spacial score (nSPS) is 28.0. The smallest absolute Gasteiger partial charge is 0.230 e. The van der Waals surface area contributed by atoms with Gasteiger partial charge in [0.05, 0.1) is 6.04 Å². The minimum absolute atomic E-state index is 0.00823. The van der Waals surface area contributed by atoms with Crippen molar-refractivity contribution in [1.82, 2.24) is 20.4 Å². The van der Waals surface area contributed by atoms with Gasteiger partial charge in [0.15, 0.2) is 5.82 Å². The van der Waals surface area contributed by atoms with Gasteiger partial charge in [-0.2, -0.15) is 4.98 Å². The van der Waals surface area contributed by atoms with Gasteiger partial charge in [-0.05, 0) is 31.0 Å². The molecule has 1 aromatic heterocycles. The largest absolute Gasteiger partial charge is 0.339 e. The van der Waals surface area contributed by atoms with Crippen molar-refractivity contribution in [2.45, 2.75) is 24.3 Å². The molecule has 7 heteroatoms. The Bertz CT molecular complexity index is 720. The number of hydrogen-bond acceptors (Lipinski definition) is 5. The molecule has 4 rings (SSSR count). The Morgan fingerprint density at radius 2 is 2.17 bits per heavy atom. The van der Waals surface area contributed by atoms with Gasteiger partial charge >= 0.3 is 0 Å². The highest BCUT2D eigenvalue weighted by atomic mass is 19.1. The molecule has 0 bridgehead atoms. The lowest BCUT2D eigenvalue weighted by atomic mass is 10.1. The van der Waals surface area contributed by atoms with Gasteiger partial charge in [0, 0.05) is 31.6 Å². The van der Waals surface area contributed by atoms with E-state index in [4.69, 9.17) is 4.52 Å². The summed E-state index contributed by atoms with van der Waals surface area (Å²) >= 11 is 0. The zero-order chi connectivity index (χ0) is 16.0. The third-order valence-corrected chi connectivity index (χ3v) is 4.74. The van der Waals surface area contributed by atoms with Crippen molar-refractivity contribution in [3.8, 4) is 0 Å². The predicted molar refractivity (Wildman–Crippen MR) is 79.0 cm³/mol. The second kappa shape index (κ2) is 5.65. The van der Waals surface area contributed by atoms with E-state index in [1.165, 1.54) is 12.1 Å². The standard InChI is InChI=1S/C16H18F2N4O/c1-22-5-4-19-8-14(22)15-20-16(23-21-15)12-7-11(12)10-3-2-9(17)6-13(10)18/h2-3,6,11-12,14,19H,4-5,7-8H2,1H3. The van der Waals surface area contributed by atoms with E-state index in [1.54, 1.807) is 0 Å². The number of halogens is 2. The van der Waals surface area contributed by atoms with Gasteiger partial charge in [-0.1, -0.05) is 11.2 Å². The molecule has 1 aliphatic carbocycles. The van der Waals surface area contributed by atoms with Crippen LogP contribution in [-0.2, 0) is 0 Å². The lowest BCUT2D eigenvalue weighted by Gasteiger charge is -2.30. The van der Waals surface area contributed by atoms with E-state index in [0.717, 1.165) is 32.1 Å². The molecule has 2 aliphatic rings. The van der Waals surface area contributed by atoms with Crippen molar-refractivity contribution in [2.75, 3.05) is 26.7 Å². The topological polar surface area (TPSA) is 54.2 Å². The summed E-state index contributed by atoms with van der Waals surface area (Å²) < 4.78 is 32.3. The fraction of sp³-hybridized carbons (Fsp3) is 0.500. The summed E-state index contributed by atoms with van der Waals surface area (Å²) in [5.41, 5.74) is 0.521. The highest BCUT2D eigenvalue weighted by Gasteiger charge is 2.45. The number of nitrogens with zero attached hydrogens (tertiary/aromatic N) is 3. The van der Waals surface area contributed by atoms with E-state index in [-0.39, 0.29) is 17.9 Å². The molecular formula is C16H18F2N4O. The van der Waals surface area contributed by atoms with Gasteiger partial charge in [0.2, 0.25) is 5.89 Å². The molecule has 1 saturated heterocycles. The van der Waals surface area contributed by atoms with Crippen molar-refractivity contribution in [2.24, 2.45) is 0 Å². The summed E-state index contributed by atoms with van der Waals surface area (Å²) in [5, 5.41) is 7.41. The Morgan fingerprint density at radius 3 is 2.96 bits per heavy atom. The zero-order valence-corrected chi connectivity index (χ0v) is 12.8. The molecule has 3 atom stereocenters. The molecule has 122 valence electrons. The number of hydrogen-bond donors (Lipinski definition) is 1. The second-order valence-electron chi connectivity index (χ2n) is 6.31. The summed E-state index contributed by atoms with van der Waals surface area (Å²) in [5.74, 6) is 0.168. The predicted octanol–water partition coefficient (Wildman–Crippen LogP) is 2.19. The number of aromatic nitrogens is 2. The molecule has 2 heterocycles. The molecule has 1 aromatic carbocycles. The van der Waals surface area contributed by atoms with Crippen LogP contribution >= 0.6 is 0 Å². The van der Waals surface area contributed by atoms with Crippen LogP contribution in [0.1, 0.15) is 41.6 Å². The number of piperazine rings is 1. The minimum atomic E-state index is -0.559. The van der Waals surface area contributed by atoms with Crippen molar-refractivity contribution >= 4 is 0 Å². The van der Waals surface area contributed by atoms with Crippen LogP contribution in [0.15, 0.2) is 22.7 Å². The van der Waals surface area contributed by atoms with Gasteiger partial charge in [0.1, 0.15) is 11.6 Å². The molecule has 2 fully saturated rings. The maximum Gasteiger partial charge on any atom is 0.230 e. The number of nitrogens with one attached hydrogen (secondary N) is 1. The molecule has 0 spiro atoms. The fourth-order valence-corrected chi connectivity index (χ4v) is 3.24. The summed E-state index contributed by atoms with van der Waals surface area (Å²) in [4.78, 5) is 6.70. The molecule has 1 N–H and O–H groups in total. The van der Waals surface area contributed by atoms with Crippen LogP contribution < -0.4 is 5.32 Å². The molecule has 1 aliphatic heterocycles. The SMILES string of the molecule is CN1CCNCC1c1noc(C2CC2c2ccc(F)cc2F)n1. The first kappa shape index (κ1) is 14.7. The number of rotatable bonds is 3. The molecule has 0 radical (unpaired) electrons. The van der Waals surface area contributed by atoms with Gasteiger partial charge in [0.25, 0.3) is 0 Å². The van der Waals surface area contributed by atoms with E-state index >= 15 is 0 Å².